The van der Waals surface area contributed by atoms with Crippen molar-refractivity contribution in [1.82, 2.24) is 4.98 Å². The van der Waals surface area contributed by atoms with E-state index in [1.807, 2.05) is 0 Å². The van der Waals surface area contributed by atoms with Crippen molar-refractivity contribution in [3.63, 3.8) is 0 Å². The molecule has 0 bridgehead atoms. The van der Waals surface area contributed by atoms with Gasteiger partial charge in [-0.05, 0) is 43.7 Å². The van der Waals surface area contributed by atoms with Gasteiger partial charge in [-0.1, -0.05) is 11.6 Å². The maximum absolute atomic E-state index is 12.3. The summed E-state index contributed by atoms with van der Waals surface area (Å²) in [5, 5.41) is 0.363. The van der Waals surface area contributed by atoms with Crippen molar-refractivity contribution >= 4 is 33.0 Å². The molecule has 2 rings (SSSR count). The second-order valence-electron chi connectivity index (χ2n) is 4.39. The maximum atomic E-state index is 12.3. The van der Waals surface area contributed by atoms with E-state index in [1.165, 1.54) is 12.1 Å². The van der Waals surface area contributed by atoms with Crippen LogP contribution in [-0.4, -0.2) is 13.4 Å². The summed E-state index contributed by atoms with van der Waals surface area (Å²) in [5.41, 5.74) is 7.56. The van der Waals surface area contributed by atoms with Gasteiger partial charge in [-0.3, -0.25) is 9.71 Å². The van der Waals surface area contributed by atoms with Gasteiger partial charge in [0.25, 0.3) is 10.0 Å². The summed E-state index contributed by atoms with van der Waals surface area (Å²) in [4.78, 5) is 4.10. The van der Waals surface area contributed by atoms with Gasteiger partial charge in [0.05, 0.1) is 27.0 Å². The Morgan fingerprint density at radius 2 is 2.00 bits per heavy atom. The smallest absolute Gasteiger partial charge is 0.262 e. The molecule has 0 saturated heterocycles. The van der Waals surface area contributed by atoms with E-state index in [1.54, 1.807) is 32.2 Å². The number of hydrogen-bond donors (Lipinski definition) is 2. The third-order valence-corrected chi connectivity index (χ3v) is 4.68. The van der Waals surface area contributed by atoms with Crippen LogP contribution in [-0.2, 0) is 10.0 Å². The minimum Gasteiger partial charge on any atom is -0.397 e. The second kappa shape index (κ2) is 5.30. The average Bonchev–Trinajstić information content (AvgIpc) is 2.38. The van der Waals surface area contributed by atoms with Crippen LogP contribution in [0.15, 0.2) is 35.4 Å². The zero-order chi connectivity index (χ0) is 14.9. The van der Waals surface area contributed by atoms with Crippen LogP contribution < -0.4 is 10.5 Å². The molecule has 5 nitrogen and oxygen atoms in total. The van der Waals surface area contributed by atoms with E-state index in [0.717, 1.165) is 0 Å². The van der Waals surface area contributed by atoms with E-state index >= 15 is 0 Å². The first kappa shape index (κ1) is 14.6. The number of benzene rings is 1. The Morgan fingerprint density at radius 1 is 1.30 bits per heavy atom. The van der Waals surface area contributed by atoms with Crippen LogP contribution in [0.1, 0.15) is 11.3 Å². The number of sulfonamides is 1. The van der Waals surface area contributed by atoms with Gasteiger partial charge in [-0.25, -0.2) is 8.42 Å². The topological polar surface area (TPSA) is 85.1 Å². The van der Waals surface area contributed by atoms with Crippen LogP contribution >= 0.6 is 11.6 Å². The molecule has 0 aliphatic heterocycles. The summed E-state index contributed by atoms with van der Waals surface area (Å²) in [6, 6.07) is 6.12. The Morgan fingerprint density at radius 3 is 2.60 bits per heavy atom. The summed E-state index contributed by atoms with van der Waals surface area (Å²) in [6.07, 6.45) is 1.59. The Labute approximate surface area is 122 Å². The zero-order valence-corrected chi connectivity index (χ0v) is 12.6. The lowest BCUT2D eigenvalue weighted by atomic mass is 10.2. The largest absolute Gasteiger partial charge is 0.397 e. The number of aryl methyl sites for hydroxylation is 2. The first-order valence-corrected chi connectivity index (χ1v) is 7.67. The van der Waals surface area contributed by atoms with Crippen LogP contribution in [0.2, 0.25) is 5.02 Å². The summed E-state index contributed by atoms with van der Waals surface area (Å²) >= 11 is 5.93. The van der Waals surface area contributed by atoms with E-state index in [-0.39, 0.29) is 10.6 Å². The number of pyridine rings is 1. The normalized spacial score (nSPS) is 11.3. The van der Waals surface area contributed by atoms with Crippen molar-refractivity contribution < 1.29 is 8.42 Å². The molecule has 106 valence electrons. The van der Waals surface area contributed by atoms with Crippen molar-refractivity contribution in [1.29, 1.82) is 0 Å². The molecular weight excluding hydrogens is 298 g/mol. The summed E-state index contributed by atoms with van der Waals surface area (Å²) < 4.78 is 27.2. The van der Waals surface area contributed by atoms with Gasteiger partial charge in [-0.2, -0.15) is 0 Å². The molecule has 1 aromatic heterocycles. The van der Waals surface area contributed by atoms with Crippen LogP contribution in [0, 0.1) is 13.8 Å². The van der Waals surface area contributed by atoms with E-state index in [4.69, 9.17) is 17.3 Å². The van der Waals surface area contributed by atoms with E-state index in [9.17, 15) is 8.42 Å². The molecule has 0 amide bonds. The molecule has 0 atom stereocenters. The molecule has 0 radical (unpaired) electrons. The lowest BCUT2D eigenvalue weighted by molar-refractivity contribution is 0.601. The Hall–Kier alpha value is -1.79. The van der Waals surface area contributed by atoms with E-state index < -0.39 is 10.0 Å². The second-order valence-corrected chi connectivity index (χ2v) is 6.45. The van der Waals surface area contributed by atoms with Gasteiger partial charge >= 0.3 is 0 Å². The fourth-order valence-corrected chi connectivity index (χ4v) is 3.06. The molecule has 0 unspecified atom stereocenters. The van der Waals surface area contributed by atoms with Crippen molar-refractivity contribution in [2.24, 2.45) is 0 Å². The molecule has 20 heavy (non-hydrogen) atoms. The number of hydrogen-bond acceptors (Lipinski definition) is 4. The number of halogens is 1. The Kier molecular flexibility index (Phi) is 3.87. The number of nitrogens with zero attached hydrogens (tertiary/aromatic N) is 1. The monoisotopic (exact) mass is 311 g/mol. The quantitative estimate of drug-likeness (QED) is 0.853. The van der Waals surface area contributed by atoms with Gasteiger partial charge in [0.1, 0.15) is 0 Å². The van der Waals surface area contributed by atoms with Gasteiger partial charge in [0.2, 0.25) is 0 Å². The minimum atomic E-state index is -3.73. The molecule has 0 aliphatic rings. The van der Waals surface area contributed by atoms with Crippen molar-refractivity contribution in [3.8, 4) is 0 Å². The van der Waals surface area contributed by atoms with Crippen molar-refractivity contribution in [2.45, 2.75) is 18.7 Å². The minimum absolute atomic E-state index is 0.0696. The highest BCUT2D eigenvalue weighted by molar-refractivity contribution is 7.92. The van der Waals surface area contributed by atoms with Gasteiger partial charge in [-0.15, -0.1) is 0 Å². The molecule has 0 aliphatic carbocycles. The van der Waals surface area contributed by atoms with E-state index in [0.29, 0.717) is 22.0 Å². The number of aromatic nitrogens is 1. The highest BCUT2D eigenvalue weighted by Crippen LogP contribution is 2.28. The number of nitrogens with two attached hydrogens (primary N) is 1. The van der Waals surface area contributed by atoms with Crippen molar-refractivity contribution in [3.05, 3.63) is 46.7 Å². The number of rotatable bonds is 3. The number of nitrogens with one attached hydrogen (secondary N) is 1. The molecule has 1 aromatic carbocycles. The predicted molar refractivity (Wildman–Crippen MR) is 80.4 cm³/mol. The first-order chi connectivity index (χ1) is 9.31. The Bertz CT molecular complexity index is 737. The maximum Gasteiger partial charge on any atom is 0.262 e. The van der Waals surface area contributed by atoms with Crippen LogP contribution in [0.25, 0.3) is 0 Å². The third kappa shape index (κ3) is 2.86. The van der Waals surface area contributed by atoms with Gasteiger partial charge in [0.15, 0.2) is 0 Å². The van der Waals surface area contributed by atoms with Gasteiger partial charge in [0, 0.05) is 6.20 Å². The lowest BCUT2D eigenvalue weighted by Crippen LogP contribution is -2.14. The number of anilines is 2. The fraction of sp³-hybridized carbons (Fsp3) is 0.154. The molecule has 0 spiro atoms. The highest BCUT2D eigenvalue weighted by atomic mass is 35.5. The lowest BCUT2D eigenvalue weighted by Gasteiger charge is -2.12. The first-order valence-electron chi connectivity index (χ1n) is 5.81. The number of nitrogen functional groups attached to an aromatic ring is 1. The van der Waals surface area contributed by atoms with Crippen LogP contribution in [0.5, 0.6) is 0 Å². The van der Waals surface area contributed by atoms with Crippen molar-refractivity contribution in [2.75, 3.05) is 10.5 Å². The van der Waals surface area contributed by atoms with E-state index in [2.05, 4.69) is 9.71 Å². The molecule has 1 heterocycles. The highest BCUT2D eigenvalue weighted by Gasteiger charge is 2.18. The molecule has 7 heteroatoms. The molecule has 3 N–H and O–H groups in total. The predicted octanol–water partition coefficient (Wildman–Crippen LogP) is 2.73. The summed E-state index contributed by atoms with van der Waals surface area (Å²) in [5.74, 6) is 0. The molecule has 2 aromatic rings. The molecule has 0 fully saturated rings. The summed E-state index contributed by atoms with van der Waals surface area (Å²) in [6.45, 7) is 3.42. The van der Waals surface area contributed by atoms with Crippen LogP contribution in [0.3, 0.4) is 0 Å². The van der Waals surface area contributed by atoms with Gasteiger partial charge < -0.3 is 5.73 Å². The average molecular weight is 312 g/mol. The Balaban J connectivity index is 2.44. The summed E-state index contributed by atoms with van der Waals surface area (Å²) in [7, 11) is -3.73. The van der Waals surface area contributed by atoms with Crippen LogP contribution in [0.4, 0.5) is 11.4 Å². The SMILES string of the molecule is Cc1cc(S(=O)(=O)Nc2cccnc2C)cc(N)c1Cl. The standard InChI is InChI=1S/C13H14ClN3O2S/c1-8-6-10(7-11(15)13(8)14)20(18,19)17-12-4-3-5-16-9(12)2/h3-7,17H,15H2,1-2H3. The fourth-order valence-electron chi connectivity index (χ4n) is 1.71. The third-order valence-electron chi connectivity index (χ3n) is 2.82. The molecular formula is C13H14ClN3O2S. The zero-order valence-electron chi connectivity index (χ0n) is 11.0. The molecule has 0 saturated carbocycles.